The monoisotopic (exact) mass is 654 g/mol. The molecule has 0 radical (unpaired) electrons. The molecule has 1 atom stereocenters. The van der Waals surface area contributed by atoms with Crippen LogP contribution in [0, 0.1) is 0 Å². The number of hydrogen-bond acceptors (Lipinski definition) is 3. The van der Waals surface area contributed by atoms with Gasteiger partial charge in [0.2, 0.25) is 0 Å². The van der Waals surface area contributed by atoms with E-state index < -0.39 is 0 Å². The fraction of sp³-hybridized carbons (Fsp3) is 0.111. The van der Waals surface area contributed by atoms with Crippen molar-refractivity contribution < 1.29 is 4.74 Å². The summed E-state index contributed by atoms with van der Waals surface area (Å²) in [6.45, 7) is 12.0. The molecule has 1 N–H and O–H groups in total. The van der Waals surface area contributed by atoms with Crippen molar-refractivity contribution in [1.82, 2.24) is 4.57 Å². The number of ether oxygens (including phenoxy) is 1. The highest BCUT2D eigenvalue weighted by Crippen LogP contribution is 2.51. The normalized spacial score (nSPS) is 14.9. The fourth-order valence-corrected chi connectivity index (χ4v) is 8.53. The summed E-state index contributed by atoms with van der Waals surface area (Å²) < 4.78 is 11.6. The highest BCUT2D eigenvalue weighted by atomic mass is 32.1. The lowest BCUT2D eigenvalue weighted by atomic mass is 9.99. The van der Waals surface area contributed by atoms with Crippen LogP contribution in [0.1, 0.15) is 48.9 Å². The SMILES string of the molecule is C=C/C=C(\C=C)c1cc2c(c3c1sc1ccccc13)NC(c1ccc(-c3ccc4c5c(n(-c6ccccc6)c4c3)CCC=C5)cc1)O2.CC. The van der Waals surface area contributed by atoms with Crippen LogP contribution in [0.15, 0.2) is 141 Å². The molecule has 4 heteroatoms. The first-order valence-electron chi connectivity index (χ1n) is 17.1. The van der Waals surface area contributed by atoms with Crippen LogP contribution in [-0.2, 0) is 6.42 Å². The summed E-state index contributed by atoms with van der Waals surface area (Å²) in [6, 6.07) is 37.2. The molecule has 240 valence electrons. The summed E-state index contributed by atoms with van der Waals surface area (Å²) in [5.41, 5.74) is 11.8. The fourth-order valence-electron chi connectivity index (χ4n) is 7.28. The molecule has 1 aliphatic heterocycles. The zero-order valence-corrected chi connectivity index (χ0v) is 28.7. The number of rotatable bonds is 6. The van der Waals surface area contributed by atoms with Crippen molar-refractivity contribution in [3.63, 3.8) is 0 Å². The van der Waals surface area contributed by atoms with Gasteiger partial charge in [-0.3, -0.25) is 0 Å². The number of benzene rings is 5. The van der Waals surface area contributed by atoms with Gasteiger partial charge in [0.25, 0.3) is 0 Å². The van der Waals surface area contributed by atoms with E-state index in [9.17, 15) is 0 Å². The first-order valence-corrected chi connectivity index (χ1v) is 17.9. The standard InChI is InChI=1S/C43H32N2OS.C2H6/c1-3-12-27(4-2)35-26-38-41(40-34-16-9-11-18-39(34)47-42(35)40)44-43(46-38)29-21-19-28(20-22-29)30-23-24-33-32-15-8-10-17-36(32)45(37(33)25-30)31-13-6-5-7-14-31;1-2/h3-9,11-16,18-26,43-44H,1-2,10,17H2;1-2H3/b27-12+;. The number of aromatic nitrogens is 1. The average Bonchev–Trinajstić information content (AvgIpc) is 3.86. The molecule has 1 aliphatic carbocycles. The smallest absolute Gasteiger partial charge is 0.196 e. The van der Waals surface area contributed by atoms with E-state index in [4.69, 9.17) is 4.74 Å². The van der Waals surface area contributed by atoms with Crippen molar-refractivity contribution in [1.29, 1.82) is 0 Å². The number of fused-ring (bicyclic) bond motifs is 8. The van der Waals surface area contributed by atoms with E-state index in [1.54, 1.807) is 11.3 Å². The molecule has 0 fully saturated rings. The van der Waals surface area contributed by atoms with Crippen LogP contribution in [-0.4, -0.2) is 4.57 Å². The van der Waals surface area contributed by atoms with Crippen LogP contribution in [0.2, 0.25) is 0 Å². The predicted octanol–water partition coefficient (Wildman–Crippen LogP) is 12.9. The quantitative estimate of drug-likeness (QED) is 0.181. The Bertz CT molecular complexity index is 2440. The van der Waals surface area contributed by atoms with Crippen molar-refractivity contribution in [3.8, 4) is 22.6 Å². The molecule has 5 aromatic carbocycles. The average molecular weight is 655 g/mol. The van der Waals surface area contributed by atoms with Gasteiger partial charge in [0, 0.05) is 53.6 Å². The van der Waals surface area contributed by atoms with Crippen molar-refractivity contribution in [2.24, 2.45) is 0 Å². The van der Waals surface area contributed by atoms with E-state index in [0.717, 1.165) is 41.0 Å². The molecular weight excluding hydrogens is 617 g/mol. The van der Waals surface area contributed by atoms with Gasteiger partial charge in [-0.1, -0.05) is 130 Å². The molecule has 2 aromatic heterocycles. The van der Waals surface area contributed by atoms with Crippen LogP contribution in [0.4, 0.5) is 5.69 Å². The minimum atomic E-state index is -0.289. The van der Waals surface area contributed by atoms with E-state index in [-0.39, 0.29) is 6.23 Å². The first-order chi connectivity index (χ1) is 24.2. The molecule has 1 unspecified atom stereocenters. The number of anilines is 1. The Kier molecular flexibility index (Phi) is 8.03. The predicted molar refractivity (Wildman–Crippen MR) is 212 cm³/mol. The second-order valence-corrected chi connectivity index (χ2v) is 13.2. The van der Waals surface area contributed by atoms with Crippen molar-refractivity contribution in [2.75, 3.05) is 5.32 Å². The lowest BCUT2D eigenvalue weighted by Crippen LogP contribution is -2.09. The number of allylic oxidation sites excluding steroid dienone is 5. The summed E-state index contributed by atoms with van der Waals surface area (Å²) in [5, 5.41) is 7.46. The van der Waals surface area contributed by atoms with E-state index in [1.165, 1.54) is 59.1 Å². The van der Waals surface area contributed by atoms with E-state index in [0.29, 0.717) is 0 Å². The molecule has 0 amide bonds. The topological polar surface area (TPSA) is 26.2 Å². The van der Waals surface area contributed by atoms with E-state index in [1.807, 2.05) is 32.1 Å². The van der Waals surface area contributed by atoms with Gasteiger partial charge < -0.3 is 14.6 Å². The van der Waals surface area contributed by atoms with Gasteiger partial charge in [0.05, 0.1) is 11.2 Å². The maximum Gasteiger partial charge on any atom is 0.196 e. The molecule has 0 saturated carbocycles. The number of nitrogens with zero attached hydrogens (tertiary/aromatic N) is 1. The molecular formula is C45H38N2OS. The molecule has 7 aromatic rings. The van der Waals surface area contributed by atoms with Crippen LogP contribution >= 0.6 is 11.3 Å². The van der Waals surface area contributed by atoms with Gasteiger partial charge in [-0.25, -0.2) is 0 Å². The van der Waals surface area contributed by atoms with Crippen LogP contribution < -0.4 is 10.1 Å². The molecule has 3 nitrogen and oxygen atoms in total. The molecule has 49 heavy (non-hydrogen) atoms. The number of thiophene rings is 1. The maximum atomic E-state index is 6.64. The molecule has 3 heterocycles. The molecule has 0 spiro atoms. The summed E-state index contributed by atoms with van der Waals surface area (Å²) in [4.78, 5) is 0. The third-order valence-corrected chi connectivity index (χ3v) is 10.7. The first kappa shape index (κ1) is 30.7. The second kappa shape index (κ2) is 12.8. The highest BCUT2D eigenvalue weighted by molar-refractivity contribution is 7.26. The van der Waals surface area contributed by atoms with Gasteiger partial charge in [0.1, 0.15) is 5.75 Å². The van der Waals surface area contributed by atoms with Gasteiger partial charge >= 0.3 is 0 Å². The zero-order valence-electron chi connectivity index (χ0n) is 27.9. The molecule has 0 bridgehead atoms. The van der Waals surface area contributed by atoms with Crippen LogP contribution in [0.5, 0.6) is 5.75 Å². The minimum absolute atomic E-state index is 0.289. The lowest BCUT2D eigenvalue weighted by molar-refractivity contribution is 0.260. The lowest BCUT2D eigenvalue weighted by Gasteiger charge is -2.14. The Morgan fingerprint density at radius 2 is 1.65 bits per heavy atom. The summed E-state index contributed by atoms with van der Waals surface area (Å²) in [7, 11) is 0. The highest BCUT2D eigenvalue weighted by Gasteiger charge is 2.29. The number of hydrogen-bond donors (Lipinski definition) is 1. The van der Waals surface area contributed by atoms with Gasteiger partial charge in [0.15, 0.2) is 6.23 Å². The van der Waals surface area contributed by atoms with Crippen molar-refractivity contribution in [2.45, 2.75) is 32.9 Å². The number of para-hydroxylation sites is 1. The third-order valence-electron chi connectivity index (χ3n) is 9.46. The summed E-state index contributed by atoms with van der Waals surface area (Å²) in [6.07, 6.45) is 12.1. The molecule has 0 saturated heterocycles. The Morgan fingerprint density at radius 1 is 0.878 bits per heavy atom. The second-order valence-electron chi connectivity index (χ2n) is 12.1. The largest absolute Gasteiger partial charge is 0.464 e. The van der Waals surface area contributed by atoms with Gasteiger partial charge in [-0.15, -0.1) is 11.3 Å². The van der Waals surface area contributed by atoms with Crippen molar-refractivity contribution in [3.05, 3.63) is 163 Å². The summed E-state index contributed by atoms with van der Waals surface area (Å²) in [5.74, 6) is 0.854. The zero-order chi connectivity index (χ0) is 33.5. The van der Waals surface area contributed by atoms with Crippen LogP contribution in [0.3, 0.4) is 0 Å². The Labute approximate surface area is 291 Å². The summed E-state index contributed by atoms with van der Waals surface area (Å²) >= 11 is 1.81. The Hall–Kier alpha value is -5.58. The minimum Gasteiger partial charge on any atom is -0.464 e. The van der Waals surface area contributed by atoms with Crippen molar-refractivity contribution >= 4 is 59.7 Å². The molecule has 9 rings (SSSR count). The maximum absolute atomic E-state index is 6.64. The Balaban J connectivity index is 0.00000171. The Morgan fingerprint density at radius 3 is 2.45 bits per heavy atom. The van der Waals surface area contributed by atoms with Crippen LogP contribution in [0.25, 0.3) is 59.5 Å². The molecule has 2 aliphatic rings. The van der Waals surface area contributed by atoms with Gasteiger partial charge in [-0.2, -0.15) is 0 Å². The number of nitrogens with one attached hydrogen (secondary N) is 1. The van der Waals surface area contributed by atoms with E-state index >= 15 is 0 Å². The third kappa shape index (κ3) is 5.11. The van der Waals surface area contributed by atoms with Gasteiger partial charge in [-0.05, 0) is 59.9 Å². The van der Waals surface area contributed by atoms with E-state index in [2.05, 4.69) is 138 Å².